The van der Waals surface area contributed by atoms with Crippen LogP contribution in [0.2, 0.25) is 0 Å². The molecule has 0 atom stereocenters. The van der Waals surface area contributed by atoms with Gasteiger partial charge in [-0.2, -0.15) is 0 Å². The lowest BCUT2D eigenvalue weighted by Gasteiger charge is -2.11. The van der Waals surface area contributed by atoms with Gasteiger partial charge in [-0.05, 0) is 7.05 Å². The van der Waals surface area contributed by atoms with Crippen molar-refractivity contribution in [2.24, 2.45) is 0 Å². The summed E-state index contributed by atoms with van der Waals surface area (Å²) < 4.78 is 0. The van der Waals surface area contributed by atoms with E-state index in [0.717, 1.165) is 0 Å². The fraction of sp³-hybridized carbons (Fsp3) is 1.00. The molecule has 0 saturated carbocycles. The van der Waals surface area contributed by atoms with Gasteiger partial charge in [0.2, 0.25) is 0 Å². The lowest BCUT2D eigenvalue weighted by molar-refractivity contribution is -0.305. The van der Waals surface area contributed by atoms with Crippen molar-refractivity contribution in [1.29, 1.82) is 0 Å². The Morgan fingerprint density at radius 3 is 1.75 bits per heavy atom. The SMILES string of the molecule is CNCC(O)(O)O.O. The van der Waals surface area contributed by atoms with Crippen LogP contribution in [0.15, 0.2) is 0 Å². The van der Waals surface area contributed by atoms with Crippen molar-refractivity contribution in [2.75, 3.05) is 13.6 Å². The fourth-order valence-electron chi connectivity index (χ4n) is 0.237. The van der Waals surface area contributed by atoms with Crippen molar-refractivity contribution >= 4 is 0 Å². The molecular formula is C3H11NO4. The second kappa shape index (κ2) is 3.76. The number of rotatable bonds is 2. The van der Waals surface area contributed by atoms with Gasteiger partial charge in [0.1, 0.15) is 0 Å². The minimum atomic E-state index is -2.56. The molecule has 0 amide bonds. The van der Waals surface area contributed by atoms with Crippen LogP contribution in [-0.2, 0) is 0 Å². The molecule has 0 aliphatic heterocycles. The molecule has 0 bridgehead atoms. The topological polar surface area (TPSA) is 104 Å². The third-order valence-corrected chi connectivity index (χ3v) is 0.414. The number of hydrogen-bond acceptors (Lipinski definition) is 4. The van der Waals surface area contributed by atoms with Crippen LogP contribution in [0.4, 0.5) is 0 Å². The molecule has 0 aliphatic carbocycles. The van der Waals surface area contributed by atoms with Crippen molar-refractivity contribution in [3.05, 3.63) is 0 Å². The minimum Gasteiger partial charge on any atom is -0.412 e. The molecule has 0 saturated heterocycles. The average Bonchev–Trinajstić information content (AvgIpc) is 1.30. The van der Waals surface area contributed by atoms with Gasteiger partial charge in [0.15, 0.2) is 0 Å². The van der Waals surface area contributed by atoms with Crippen LogP contribution in [0, 0.1) is 0 Å². The molecule has 0 unspecified atom stereocenters. The first kappa shape index (κ1) is 10.7. The Kier molecular flexibility index (Phi) is 5.04. The largest absolute Gasteiger partial charge is 0.412 e. The van der Waals surface area contributed by atoms with Gasteiger partial charge in [0.05, 0.1) is 6.54 Å². The summed E-state index contributed by atoms with van der Waals surface area (Å²) in [7, 11) is 1.50. The molecule has 52 valence electrons. The van der Waals surface area contributed by atoms with Crippen molar-refractivity contribution in [2.45, 2.75) is 5.97 Å². The van der Waals surface area contributed by atoms with Crippen LogP contribution in [0.3, 0.4) is 0 Å². The Bertz CT molecular complexity index is 49.7. The van der Waals surface area contributed by atoms with E-state index in [0.29, 0.717) is 0 Å². The van der Waals surface area contributed by atoms with E-state index >= 15 is 0 Å². The number of hydrogen-bond donors (Lipinski definition) is 4. The number of likely N-dealkylation sites (N-methyl/N-ethyl adjacent to an activating group) is 1. The molecule has 0 heterocycles. The average molecular weight is 125 g/mol. The van der Waals surface area contributed by atoms with Gasteiger partial charge < -0.3 is 26.1 Å². The van der Waals surface area contributed by atoms with Crippen molar-refractivity contribution in [1.82, 2.24) is 5.32 Å². The van der Waals surface area contributed by atoms with E-state index in [1.807, 2.05) is 0 Å². The molecule has 0 spiro atoms. The van der Waals surface area contributed by atoms with Crippen LogP contribution < -0.4 is 5.32 Å². The fourth-order valence-corrected chi connectivity index (χ4v) is 0.237. The van der Waals surface area contributed by atoms with E-state index in [1.165, 1.54) is 7.05 Å². The van der Waals surface area contributed by atoms with Gasteiger partial charge in [-0.1, -0.05) is 0 Å². The van der Waals surface area contributed by atoms with Crippen LogP contribution in [0.1, 0.15) is 0 Å². The molecule has 0 aromatic carbocycles. The van der Waals surface area contributed by atoms with Crippen LogP contribution in [-0.4, -0.2) is 40.4 Å². The number of aliphatic hydroxyl groups is 3. The van der Waals surface area contributed by atoms with E-state index in [4.69, 9.17) is 15.3 Å². The summed E-state index contributed by atoms with van der Waals surface area (Å²) in [5.41, 5.74) is 0. The highest BCUT2D eigenvalue weighted by atomic mass is 16.7. The van der Waals surface area contributed by atoms with Crippen molar-refractivity contribution in [3.8, 4) is 0 Å². The first-order chi connectivity index (χ1) is 3.06. The molecule has 6 N–H and O–H groups in total. The van der Waals surface area contributed by atoms with Gasteiger partial charge in [-0.3, -0.25) is 0 Å². The summed E-state index contributed by atoms with van der Waals surface area (Å²) in [4.78, 5) is 0. The standard InChI is InChI=1S/C3H9NO3.H2O/c1-4-2-3(5,6)7;/h4-7H,2H2,1H3;1H2. The third-order valence-electron chi connectivity index (χ3n) is 0.414. The molecular weight excluding hydrogens is 114 g/mol. The van der Waals surface area contributed by atoms with E-state index in [1.54, 1.807) is 0 Å². The van der Waals surface area contributed by atoms with Crippen LogP contribution in [0.25, 0.3) is 0 Å². The lowest BCUT2D eigenvalue weighted by Crippen LogP contribution is -2.38. The maximum absolute atomic E-state index is 8.07. The maximum Gasteiger partial charge on any atom is 0.288 e. The van der Waals surface area contributed by atoms with Gasteiger partial charge in [-0.15, -0.1) is 0 Å². The second-order valence-electron chi connectivity index (χ2n) is 1.30. The summed E-state index contributed by atoms with van der Waals surface area (Å²) in [5, 5.41) is 26.6. The Hall–Kier alpha value is -0.200. The molecule has 0 aromatic heterocycles. The zero-order valence-electron chi connectivity index (χ0n) is 4.55. The van der Waals surface area contributed by atoms with E-state index in [9.17, 15) is 0 Å². The molecule has 0 aliphatic rings. The first-order valence-electron chi connectivity index (χ1n) is 1.88. The highest BCUT2D eigenvalue weighted by molar-refractivity contribution is 4.46. The molecule has 8 heavy (non-hydrogen) atoms. The van der Waals surface area contributed by atoms with Gasteiger partial charge in [0.25, 0.3) is 5.97 Å². The zero-order chi connectivity index (χ0) is 5.91. The Balaban J connectivity index is 0. The normalized spacial score (nSPS) is 10.5. The molecule has 0 radical (unpaired) electrons. The van der Waals surface area contributed by atoms with Crippen LogP contribution in [0.5, 0.6) is 0 Å². The van der Waals surface area contributed by atoms with Crippen molar-refractivity contribution < 1.29 is 20.8 Å². The third kappa shape index (κ3) is 9.25. The quantitative estimate of drug-likeness (QED) is 0.295. The lowest BCUT2D eigenvalue weighted by atomic mass is 10.6. The Labute approximate surface area is 46.9 Å². The van der Waals surface area contributed by atoms with E-state index in [2.05, 4.69) is 5.32 Å². The summed E-state index contributed by atoms with van der Waals surface area (Å²) in [6.45, 7) is -0.243. The zero-order valence-corrected chi connectivity index (χ0v) is 4.55. The van der Waals surface area contributed by atoms with Gasteiger partial charge in [0, 0.05) is 0 Å². The summed E-state index contributed by atoms with van der Waals surface area (Å²) in [5.74, 6) is -2.56. The monoisotopic (exact) mass is 125 g/mol. The Morgan fingerprint density at radius 1 is 1.38 bits per heavy atom. The Morgan fingerprint density at radius 2 is 1.75 bits per heavy atom. The van der Waals surface area contributed by atoms with Crippen LogP contribution >= 0.6 is 0 Å². The van der Waals surface area contributed by atoms with Gasteiger partial charge >= 0.3 is 0 Å². The van der Waals surface area contributed by atoms with E-state index in [-0.39, 0.29) is 12.0 Å². The van der Waals surface area contributed by atoms with Crippen molar-refractivity contribution in [3.63, 3.8) is 0 Å². The molecule has 5 nitrogen and oxygen atoms in total. The predicted molar refractivity (Wildman–Crippen MR) is 26.9 cm³/mol. The number of nitrogens with one attached hydrogen (secondary N) is 1. The highest BCUT2D eigenvalue weighted by Crippen LogP contribution is 1.85. The molecule has 0 rings (SSSR count). The highest BCUT2D eigenvalue weighted by Gasteiger charge is 2.14. The van der Waals surface area contributed by atoms with Gasteiger partial charge in [-0.25, -0.2) is 0 Å². The summed E-state index contributed by atoms with van der Waals surface area (Å²) >= 11 is 0. The molecule has 5 heteroatoms. The maximum atomic E-state index is 8.07. The predicted octanol–water partition coefficient (Wildman–Crippen LogP) is -2.99. The van der Waals surface area contributed by atoms with E-state index < -0.39 is 5.97 Å². The second-order valence-corrected chi connectivity index (χ2v) is 1.30. The first-order valence-corrected chi connectivity index (χ1v) is 1.88. The molecule has 0 fully saturated rings. The summed E-state index contributed by atoms with van der Waals surface area (Å²) in [6, 6.07) is 0. The summed E-state index contributed by atoms with van der Waals surface area (Å²) in [6.07, 6.45) is 0. The smallest absolute Gasteiger partial charge is 0.288 e. The minimum absolute atomic E-state index is 0. The molecule has 0 aromatic rings.